The second-order valence-corrected chi connectivity index (χ2v) is 6.41. The van der Waals surface area contributed by atoms with Crippen molar-refractivity contribution < 1.29 is 14.1 Å². The van der Waals surface area contributed by atoms with Gasteiger partial charge in [-0.1, -0.05) is 17.7 Å². The number of rotatable bonds is 5. The summed E-state index contributed by atoms with van der Waals surface area (Å²) in [5.41, 5.74) is 0.734. The van der Waals surface area contributed by atoms with Crippen LogP contribution in [0.3, 0.4) is 0 Å². The van der Waals surface area contributed by atoms with Gasteiger partial charge in [-0.05, 0) is 37.5 Å². The van der Waals surface area contributed by atoms with Crippen molar-refractivity contribution in [3.63, 3.8) is 0 Å². The lowest BCUT2D eigenvalue weighted by atomic mass is 10.0. The molecule has 2 aromatic carbocycles. The van der Waals surface area contributed by atoms with Gasteiger partial charge in [0.1, 0.15) is 18.2 Å². The first-order valence-electron chi connectivity index (χ1n) is 8.13. The Bertz CT molecular complexity index is 772. The molecule has 0 aromatic heterocycles. The molecular formula is C18H18ClFN2O3. The van der Waals surface area contributed by atoms with Crippen LogP contribution >= 0.6 is 11.6 Å². The van der Waals surface area contributed by atoms with E-state index in [1.165, 1.54) is 24.3 Å². The standard InChI is InChI=1S/C18H18ClFN2O3/c19-17-11-14(22(23)24)7-8-18(17)21-9-2-1-5-15(21)12-25-16-6-3-4-13(20)10-16/h3-4,6-8,10-11,15H,1-2,5,9,12H2. The third-order valence-electron chi connectivity index (χ3n) is 4.32. The molecule has 1 fully saturated rings. The Morgan fingerprint density at radius 1 is 1.28 bits per heavy atom. The fourth-order valence-electron chi connectivity index (χ4n) is 3.08. The van der Waals surface area contributed by atoms with Gasteiger partial charge in [-0.3, -0.25) is 10.1 Å². The number of hydrogen-bond acceptors (Lipinski definition) is 4. The second kappa shape index (κ2) is 7.70. The maximum absolute atomic E-state index is 13.3. The van der Waals surface area contributed by atoms with Gasteiger partial charge in [-0.15, -0.1) is 0 Å². The number of anilines is 1. The summed E-state index contributed by atoms with van der Waals surface area (Å²) in [5.74, 6) is 0.150. The van der Waals surface area contributed by atoms with Crippen LogP contribution < -0.4 is 9.64 Å². The molecule has 1 aliphatic heterocycles. The van der Waals surface area contributed by atoms with Gasteiger partial charge < -0.3 is 9.64 Å². The second-order valence-electron chi connectivity index (χ2n) is 6.00. The van der Waals surface area contributed by atoms with Crippen LogP contribution in [0, 0.1) is 15.9 Å². The Balaban J connectivity index is 1.75. The van der Waals surface area contributed by atoms with Crippen molar-refractivity contribution in [2.75, 3.05) is 18.1 Å². The van der Waals surface area contributed by atoms with Crippen molar-refractivity contribution in [2.45, 2.75) is 25.3 Å². The van der Waals surface area contributed by atoms with Crippen molar-refractivity contribution in [3.8, 4) is 5.75 Å². The van der Waals surface area contributed by atoms with Crippen molar-refractivity contribution in [1.82, 2.24) is 0 Å². The van der Waals surface area contributed by atoms with E-state index in [9.17, 15) is 14.5 Å². The number of nitrogens with zero attached hydrogens (tertiary/aromatic N) is 2. The average Bonchev–Trinajstić information content (AvgIpc) is 2.60. The summed E-state index contributed by atoms with van der Waals surface area (Å²) in [6.07, 6.45) is 3.00. The van der Waals surface area contributed by atoms with Crippen molar-refractivity contribution in [1.29, 1.82) is 0 Å². The molecule has 0 aliphatic carbocycles. The van der Waals surface area contributed by atoms with E-state index in [0.29, 0.717) is 17.4 Å². The lowest BCUT2D eigenvalue weighted by molar-refractivity contribution is -0.384. The van der Waals surface area contributed by atoms with Crippen LogP contribution in [0.15, 0.2) is 42.5 Å². The molecule has 1 saturated heterocycles. The molecule has 0 bridgehead atoms. The van der Waals surface area contributed by atoms with E-state index in [0.717, 1.165) is 31.5 Å². The summed E-state index contributed by atoms with van der Waals surface area (Å²) in [5, 5.41) is 11.2. The SMILES string of the molecule is O=[N+]([O-])c1ccc(N2CCCCC2COc2cccc(F)c2)c(Cl)c1. The zero-order valence-corrected chi connectivity index (χ0v) is 14.3. The quantitative estimate of drug-likeness (QED) is 0.563. The van der Waals surface area contributed by atoms with E-state index in [2.05, 4.69) is 4.90 Å². The topological polar surface area (TPSA) is 55.6 Å². The molecule has 0 amide bonds. The number of benzene rings is 2. The van der Waals surface area contributed by atoms with Gasteiger partial charge in [-0.25, -0.2) is 4.39 Å². The van der Waals surface area contributed by atoms with E-state index in [4.69, 9.17) is 16.3 Å². The number of non-ortho nitro benzene ring substituents is 1. The van der Waals surface area contributed by atoms with Crippen molar-refractivity contribution in [2.24, 2.45) is 0 Å². The number of nitro benzene ring substituents is 1. The first-order chi connectivity index (χ1) is 12.0. The monoisotopic (exact) mass is 364 g/mol. The molecule has 3 rings (SSSR count). The number of ether oxygens (including phenoxy) is 1. The molecule has 0 radical (unpaired) electrons. The zero-order valence-electron chi connectivity index (χ0n) is 13.5. The molecule has 0 N–H and O–H groups in total. The number of hydrogen-bond donors (Lipinski definition) is 0. The van der Waals surface area contributed by atoms with E-state index in [1.54, 1.807) is 18.2 Å². The molecule has 2 aromatic rings. The van der Waals surface area contributed by atoms with Crippen LogP contribution in [0.2, 0.25) is 5.02 Å². The zero-order chi connectivity index (χ0) is 17.8. The maximum atomic E-state index is 13.3. The molecule has 132 valence electrons. The molecule has 1 aliphatic rings. The minimum absolute atomic E-state index is 0.0293. The van der Waals surface area contributed by atoms with Crippen molar-refractivity contribution in [3.05, 3.63) is 63.4 Å². The van der Waals surface area contributed by atoms with Crippen LogP contribution in [0.25, 0.3) is 0 Å². The number of piperidine rings is 1. The molecule has 0 saturated carbocycles. The molecular weight excluding hydrogens is 347 g/mol. The van der Waals surface area contributed by atoms with Gasteiger partial charge in [0.05, 0.1) is 21.7 Å². The Kier molecular flexibility index (Phi) is 5.38. The normalized spacial score (nSPS) is 17.4. The highest BCUT2D eigenvalue weighted by atomic mass is 35.5. The molecule has 25 heavy (non-hydrogen) atoms. The van der Waals surface area contributed by atoms with Crippen LogP contribution in [-0.4, -0.2) is 24.1 Å². The van der Waals surface area contributed by atoms with Crippen LogP contribution in [0.5, 0.6) is 5.75 Å². The summed E-state index contributed by atoms with van der Waals surface area (Å²) >= 11 is 6.27. The average molecular weight is 365 g/mol. The van der Waals surface area contributed by atoms with Gasteiger partial charge in [0.2, 0.25) is 0 Å². The fraction of sp³-hybridized carbons (Fsp3) is 0.333. The maximum Gasteiger partial charge on any atom is 0.271 e. The number of halogens is 2. The number of nitro groups is 1. The molecule has 1 unspecified atom stereocenters. The molecule has 5 nitrogen and oxygen atoms in total. The van der Waals surface area contributed by atoms with Crippen molar-refractivity contribution >= 4 is 23.0 Å². The van der Waals surface area contributed by atoms with E-state index in [-0.39, 0.29) is 17.5 Å². The third-order valence-corrected chi connectivity index (χ3v) is 4.62. The summed E-state index contributed by atoms with van der Waals surface area (Å²) in [7, 11) is 0. The van der Waals surface area contributed by atoms with Gasteiger partial charge in [0, 0.05) is 24.7 Å². The molecule has 0 spiro atoms. The lowest BCUT2D eigenvalue weighted by Gasteiger charge is -2.37. The first-order valence-corrected chi connectivity index (χ1v) is 8.51. The van der Waals surface area contributed by atoms with E-state index >= 15 is 0 Å². The van der Waals surface area contributed by atoms with Gasteiger partial charge in [0.25, 0.3) is 5.69 Å². The third kappa shape index (κ3) is 4.20. The summed E-state index contributed by atoms with van der Waals surface area (Å²) in [6, 6.07) is 10.6. The molecule has 1 heterocycles. The Morgan fingerprint density at radius 3 is 2.84 bits per heavy atom. The Hall–Kier alpha value is -2.34. The fourth-order valence-corrected chi connectivity index (χ4v) is 3.37. The van der Waals surface area contributed by atoms with Gasteiger partial charge >= 0.3 is 0 Å². The van der Waals surface area contributed by atoms with Crippen LogP contribution in [0.1, 0.15) is 19.3 Å². The summed E-state index contributed by atoms with van der Waals surface area (Å²) < 4.78 is 19.0. The predicted octanol–water partition coefficient (Wildman–Crippen LogP) is 4.83. The highest BCUT2D eigenvalue weighted by Crippen LogP contribution is 2.34. The highest BCUT2D eigenvalue weighted by Gasteiger charge is 2.26. The Morgan fingerprint density at radius 2 is 2.12 bits per heavy atom. The summed E-state index contributed by atoms with van der Waals surface area (Å²) in [4.78, 5) is 12.5. The summed E-state index contributed by atoms with van der Waals surface area (Å²) in [6.45, 7) is 1.20. The lowest BCUT2D eigenvalue weighted by Crippen LogP contribution is -2.43. The molecule has 1 atom stereocenters. The highest BCUT2D eigenvalue weighted by molar-refractivity contribution is 6.33. The Labute approximate surface area is 150 Å². The van der Waals surface area contributed by atoms with E-state index < -0.39 is 4.92 Å². The smallest absolute Gasteiger partial charge is 0.271 e. The van der Waals surface area contributed by atoms with Crippen LogP contribution in [0.4, 0.5) is 15.8 Å². The minimum atomic E-state index is -0.462. The first kappa shape index (κ1) is 17.5. The van der Waals surface area contributed by atoms with Gasteiger partial charge in [0.15, 0.2) is 0 Å². The molecule has 7 heteroatoms. The van der Waals surface area contributed by atoms with E-state index in [1.807, 2.05) is 0 Å². The van der Waals surface area contributed by atoms with Crippen LogP contribution in [-0.2, 0) is 0 Å². The minimum Gasteiger partial charge on any atom is -0.491 e. The largest absolute Gasteiger partial charge is 0.491 e. The predicted molar refractivity (Wildman–Crippen MR) is 95.0 cm³/mol. The van der Waals surface area contributed by atoms with Gasteiger partial charge in [-0.2, -0.15) is 0 Å².